The number of nitrogens with one attached hydrogen (secondary N) is 1. The lowest BCUT2D eigenvalue weighted by molar-refractivity contribution is 0.173. The molecule has 4 heteroatoms. The fourth-order valence-electron chi connectivity index (χ4n) is 3.68. The van der Waals surface area contributed by atoms with Crippen molar-refractivity contribution in [3.05, 3.63) is 53.6 Å². The Labute approximate surface area is 142 Å². The highest BCUT2D eigenvalue weighted by Crippen LogP contribution is 2.36. The van der Waals surface area contributed by atoms with E-state index >= 15 is 0 Å². The quantitative estimate of drug-likeness (QED) is 0.934. The zero-order valence-electron chi connectivity index (χ0n) is 14.0. The molecule has 2 aromatic rings. The molecule has 2 aliphatic rings. The van der Waals surface area contributed by atoms with Crippen LogP contribution in [0.4, 0.5) is 0 Å². The lowest BCUT2D eigenvalue weighted by Gasteiger charge is -2.33. The molecular weight excluding hydrogens is 302 g/mol. The van der Waals surface area contributed by atoms with Gasteiger partial charge in [0.25, 0.3) is 0 Å². The van der Waals surface area contributed by atoms with Crippen molar-refractivity contribution in [2.45, 2.75) is 19.3 Å². The molecule has 0 spiro atoms. The molecule has 1 N–H and O–H groups in total. The number of rotatable bonds is 4. The van der Waals surface area contributed by atoms with Crippen LogP contribution in [0.25, 0.3) is 0 Å². The summed E-state index contributed by atoms with van der Waals surface area (Å²) in [4.78, 5) is 0. The Morgan fingerprint density at radius 3 is 2.92 bits per heavy atom. The number of fused-ring (bicyclic) bond motifs is 1. The Hall–Kier alpha value is -2.20. The maximum atomic E-state index is 6.09. The average molecular weight is 325 g/mol. The second kappa shape index (κ2) is 6.73. The van der Waals surface area contributed by atoms with Gasteiger partial charge in [-0.2, -0.15) is 0 Å². The molecule has 0 bridgehead atoms. The molecule has 0 aliphatic carbocycles. The van der Waals surface area contributed by atoms with Gasteiger partial charge in [0.2, 0.25) is 6.79 Å². The van der Waals surface area contributed by atoms with E-state index in [0.717, 1.165) is 36.8 Å². The van der Waals surface area contributed by atoms with Crippen LogP contribution in [-0.2, 0) is 0 Å². The van der Waals surface area contributed by atoms with Gasteiger partial charge < -0.3 is 19.5 Å². The van der Waals surface area contributed by atoms with Crippen molar-refractivity contribution in [2.24, 2.45) is 5.92 Å². The van der Waals surface area contributed by atoms with Gasteiger partial charge in [0.05, 0.1) is 6.61 Å². The van der Waals surface area contributed by atoms with E-state index in [2.05, 4.69) is 36.5 Å². The third-order valence-electron chi connectivity index (χ3n) is 5.00. The third kappa shape index (κ3) is 3.06. The van der Waals surface area contributed by atoms with Gasteiger partial charge in [-0.05, 0) is 49.1 Å². The van der Waals surface area contributed by atoms with Crippen molar-refractivity contribution < 1.29 is 14.2 Å². The highest BCUT2D eigenvalue weighted by molar-refractivity contribution is 5.46. The van der Waals surface area contributed by atoms with Crippen molar-refractivity contribution in [2.75, 3.05) is 26.5 Å². The zero-order chi connectivity index (χ0) is 16.4. The summed E-state index contributed by atoms with van der Waals surface area (Å²) in [5, 5.41) is 3.51. The van der Waals surface area contributed by atoms with E-state index in [1.54, 1.807) is 0 Å². The monoisotopic (exact) mass is 325 g/mol. The minimum atomic E-state index is 0.292. The smallest absolute Gasteiger partial charge is 0.231 e. The lowest BCUT2D eigenvalue weighted by Crippen LogP contribution is -2.38. The first kappa shape index (κ1) is 15.3. The molecule has 0 amide bonds. The summed E-state index contributed by atoms with van der Waals surface area (Å²) in [6.07, 6.45) is 1.15. The molecule has 2 aliphatic heterocycles. The summed E-state index contributed by atoms with van der Waals surface area (Å²) in [5.41, 5.74) is 2.83. The van der Waals surface area contributed by atoms with E-state index in [9.17, 15) is 0 Å². The topological polar surface area (TPSA) is 39.7 Å². The summed E-state index contributed by atoms with van der Waals surface area (Å²) in [7, 11) is 0. The molecular formula is C20H23NO3. The normalized spacial score (nSPS) is 22.4. The van der Waals surface area contributed by atoms with E-state index in [4.69, 9.17) is 14.2 Å². The molecule has 2 atom stereocenters. The van der Waals surface area contributed by atoms with Gasteiger partial charge >= 0.3 is 0 Å². The summed E-state index contributed by atoms with van der Waals surface area (Å²) in [6.45, 7) is 5.25. The molecule has 4 nitrogen and oxygen atoms in total. The molecule has 24 heavy (non-hydrogen) atoms. The zero-order valence-corrected chi connectivity index (χ0v) is 14.0. The molecule has 4 rings (SSSR count). The Balaban J connectivity index is 1.47. The predicted molar refractivity (Wildman–Crippen MR) is 93.0 cm³/mol. The van der Waals surface area contributed by atoms with Crippen LogP contribution in [0.15, 0.2) is 42.5 Å². The van der Waals surface area contributed by atoms with Crippen molar-refractivity contribution in [1.29, 1.82) is 0 Å². The van der Waals surface area contributed by atoms with Crippen molar-refractivity contribution in [3.63, 3.8) is 0 Å². The number of hydrogen-bond donors (Lipinski definition) is 1. The summed E-state index contributed by atoms with van der Waals surface area (Å²) in [5.74, 6) is 3.41. The van der Waals surface area contributed by atoms with Crippen molar-refractivity contribution in [3.8, 4) is 17.2 Å². The highest BCUT2D eigenvalue weighted by Gasteiger charge is 2.28. The molecule has 0 radical (unpaired) electrons. The fraction of sp³-hybridized carbons (Fsp3) is 0.400. The van der Waals surface area contributed by atoms with Crippen molar-refractivity contribution in [1.82, 2.24) is 5.32 Å². The van der Waals surface area contributed by atoms with Crippen LogP contribution in [0.2, 0.25) is 0 Å². The first-order valence-electron chi connectivity index (χ1n) is 8.60. The van der Waals surface area contributed by atoms with Crippen LogP contribution in [0.3, 0.4) is 0 Å². The second-order valence-corrected chi connectivity index (χ2v) is 6.54. The molecule has 1 saturated heterocycles. The number of hydrogen-bond acceptors (Lipinski definition) is 4. The average Bonchev–Trinajstić information content (AvgIpc) is 3.08. The maximum absolute atomic E-state index is 6.09. The molecule has 2 heterocycles. The maximum Gasteiger partial charge on any atom is 0.231 e. The predicted octanol–water partition coefficient (Wildman–Crippen LogP) is 3.50. The summed E-state index contributed by atoms with van der Waals surface area (Å²) < 4.78 is 16.9. The largest absolute Gasteiger partial charge is 0.493 e. The lowest BCUT2D eigenvalue weighted by atomic mass is 9.80. The SMILES string of the molecule is Cc1ccccc1[C@H]1CCNC[C@@H]1COc1ccc2c(c1)OCO2. The number of aryl methyl sites for hydroxylation is 1. The van der Waals surface area contributed by atoms with E-state index in [1.165, 1.54) is 11.1 Å². The Bertz CT molecular complexity index is 716. The second-order valence-electron chi connectivity index (χ2n) is 6.54. The van der Waals surface area contributed by atoms with Crippen LogP contribution in [-0.4, -0.2) is 26.5 Å². The molecule has 0 unspecified atom stereocenters. The van der Waals surface area contributed by atoms with Gasteiger partial charge in [0.1, 0.15) is 5.75 Å². The van der Waals surface area contributed by atoms with Gasteiger partial charge in [-0.15, -0.1) is 0 Å². The molecule has 0 aromatic heterocycles. The summed E-state index contributed by atoms with van der Waals surface area (Å²) in [6, 6.07) is 14.5. The third-order valence-corrected chi connectivity index (χ3v) is 5.00. The van der Waals surface area contributed by atoms with Gasteiger partial charge in [0.15, 0.2) is 11.5 Å². The van der Waals surface area contributed by atoms with E-state index < -0.39 is 0 Å². The summed E-state index contributed by atoms with van der Waals surface area (Å²) >= 11 is 0. The van der Waals surface area contributed by atoms with Crippen LogP contribution in [0, 0.1) is 12.8 Å². The Morgan fingerprint density at radius 2 is 2.00 bits per heavy atom. The minimum Gasteiger partial charge on any atom is -0.493 e. The highest BCUT2D eigenvalue weighted by atomic mass is 16.7. The van der Waals surface area contributed by atoms with Gasteiger partial charge in [-0.3, -0.25) is 0 Å². The molecule has 0 saturated carbocycles. The van der Waals surface area contributed by atoms with Gasteiger partial charge in [-0.25, -0.2) is 0 Å². The van der Waals surface area contributed by atoms with Crippen LogP contribution in [0.5, 0.6) is 17.2 Å². The van der Waals surface area contributed by atoms with Crippen LogP contribution >= 0.6 is 0 Å². The molecule has 2 aromatic carbocycles. The van der Waals surface area contributed by atoms with Gasteiger partial charge in [0, 0.05) is 18.5 Å². The molecule has 126 valence electrons. The van der Waals surface area contributed by atoms with Crippen molar-refractivity contribution >= 4 is 0 Å². The minimum absolute atomic E-state index is 0.292. The van der Waals surface area contributed by atoms with Crippen LogP contribution < -0.4 is 19.5 Å². The Morgan fingerprint density at radius 1 is 1.12 bits per heavy atom. The standard InChI is InChI=1S/C20H23NO3/c1-14-4-2-3-5-17(14)18-8-9-21-11-15(18)12-22-16-6-7-19-20(10-16)24-13-23-19/h2-7,10,15,18,21H,8-9,11-13H2,1H3/t15-,18+/m1/s1. The molecule has 1 fully saturated rings. The first-order valence-corrected chi connectivity index (χ1v) is 8.60. The number of ether oxygens (including phenoxy) is 3. The first-order chi connectivity index (χ1) is 11.8. The Kier molecular flexibility index (Phi) is 4.30. The fourth-order valence-corrected chi connectivity index (χ4v) is 3.68. The number of piperidine rings is 1. The van der Waals surface area contributed by atoms with E-state index in [1.807, 2.05) is 18.2 Å². The van der Waals surface area contributed by atoms with Gasteiger partial charge in [-0.1, -0.05) is 24.3 Å². The van der Waals surface area contributed by atoms with E-state index in [-0.39, 0.29) is 0 Å². The van der Waals surface area contributed by atoms with E-state index in [0.29, 0.717) is 25.2 Å². The van der Waals surface area contributed by atoms with Crippen LogP contribution in [0.1, 0.15) is 23.5 Å². The number of benzene rings is 2.